The molecule has 5 heteroatoms. The van der Waals surface area contributed by atoms with Gasteiger partial charge in [0, 0.05) is 16.7 Å². The van der Waals surface area contributed by atoms with E-state index in [0.29, 0.717) is 0 Å². The van der Waals surface area contributed by atoms with E-state index in [-0.39, 0.29) is 28.0 Å². The minimum atomic E-state index is -1.85. The number of ketones is 3. The van der Waals surface area contributed by atoms with Crippen LogP contribution >= 0.6 is 0 Å². The van der Waals surface area contributed by atoms with Crippen molar-refractivity contribution in [3.05, 3.63) is 52.6 Å². The number of hydrogen-bond donors (Lipinski definition) is 2. The maximum absolute atomic E-state index is 12.2. The molecule has 3 rings (SSSR count). The van der Waals surface area contributed by atoms with Gasteiger partial charge in [0.25, 0.3) is 0 Å². The molecule has 1 unspecified atom stereocenters. The minimum Gasteiger partial charge on any atom is -0.507 e. The highest BCUT2D eigenvalue weighted by Crippen LogP contribution is 2.36. The normalized spacial score (nSPS) is 22.1. The van der Waals surface area contributed by atoms with Gasteiger partial charge in [-0.1, -0.05) is 24.3 Å². The van der Waals surface area contributed by atoms with E-state index in [1.165, 1.54) is 12.1 Å². The average Bonchev–Trinajstić information content (AvgIpc) is 2.42. The lowest BCUT2D eigenvalue weighted by Crippen LogP contribution is -2.38. The Labute approximate surface area is 107 Å². The molecule has 19 heavy (non-hydrogen) atoms. The van der Waals surface area contributed by atoms with Crippen LogP contribution < -0.4 is 0 Å². The average molecular weight is 256 g/mol. The van der Waals surface area contributed by atoms with Crippen molar-refractivity contribution in [3.8, 4) is 0 Å². The second kappa shape index (κ2) is 3.73. The van der Waals surface area contributed by atoms with Crippen LogP contribution in [0.25, 0.3) is 5.76 Å². The Hall–Kier alpha value is -2.53. The fraction of sp³-hybridized carbons (Fsp3) is 0.0714. The molecular formula is C14H8O5. The van der Waals surface area contributed by atoms with Crippen molar-refractivity contribution >= 4 is 23.1 Å². The number of carbonyl (C=O) groups is 3. The monoisotopic (exact) mass is 256 g/mol. The molecule has 1 aromatic rings. The van der Waals surface area contributed by atoms with Crippen molar-refractivity contribution < 1.29 is 24.6 Å². The van der Waals surface area contributed by atoms with E-state index in [4.69, 9.17) is 0 Å². The zero-order valence-corrected chi connectivity index (χ0v) is 9.58. The second-order valence-electron chi connectivity index (χ2n) is 4.33. The first-order valence-corrected chi connectivity index (χ1v) is 5.58. The maximum atomic E-state index is 12.2. The molecule has 0 spiro atoms. The molecule has 94 valence electrons. The van der Waals surface area contributed by atoms with Gasteiger partial charge in [0.15, 0.2) is 17.7 Å². The van der Waals surface area contributed by atoms with Gasteiger partial charge in [0.2, 0.25) is 5.78 Å². The number of aliphatic hydroxyl groups excluding tert-OH is 2. The zero-order chi connectivity index (χ0) is 13.7. The summed E-state index contributed by atoms with van der Waals surface area (Å²) in [6, 6.07) is 6.25. The van der Waals surface area contributed by atoms with Gasteiger partial charge in [0.05, 0.1) is 5.57 Å². The van der Waals surface area contributed by atoms with E-state index < -0.39 is 23.5 Å². The largest absolute Gasteiger partial charge is 0.507 e. The zero-order valence-electron chi connectivity index (χ0n) is 9.58. The Morgan fingerprint density at radius 3 is 2.32 bits per heavy atom. The van der Waals surface area contributed by atoms with Gasteiger partial charge in [0.1, 0.15) is 5.76 Å². The van der Waals surface area contributed by atoms with E-state index in [9.17, 15) is 24.6 Å². The standard InChI is InChI=1S/C14H8O5/c15-9-5-8-10(14(19)13(9)18)12(17)7-4-2-1-3-6(7)11(8)16/h1-5,13,17-18H. The van der Waals surface area contributed by atoms with Gasteiger partial charge in [-0.25, -0.2) is 0 Å². The molecule has 0 aliphatic heterocycles. The van der Waals surface area contributed by atoms with Crippen LogP contribution in [0, 0.1) is 0 Å². The summed E-state index contributed by atoms with van der Waals surface area (Å²) >= 11 is 0. The van der Waals surface area contributed by atoms with Crippen LogP contribution in [0.3, 0.4) is 0 Å². The summed E-state index contributed by atoms with van der Waals surface area (Å²) in [7, 11) is 0. The highest BCUT2D eigenvalue weighted by molar-refractivity contribution is 6.34. The predicted octanol–water partition coefficient (Wildman–Crippen LogP) is 0.591. The molecule has 0 saturated carbocycles. The Bertz CT molecular complexity index is 708. The highest BCUT2D eigenvalue weighted by atomic mass is 16.3. The third kappa shape index (κ3) is 1.42. The molecule has 2 N–H and O–H groups in total. The molecule has 1 atom stereocenters. The molecule has 0 saturated heterocycles. The molecule has 0 bridgehead atoms. The van der Waals surface area contributed by atoms with Gasteiger partial charge >= 0.3 is 0 Å². The van der Waals surface area contributed by atoms with Crippen LogP contribution in [0.1, 0.15) is 15.9 Å². The smallest absolute Gasteiger partial charge is 0.203 e. The van der Waals surface area contributed by atoms with Crippen molar-refractivity contribution in [1.82, 2.24) is 0 Å². The molecule has 5 nitrogen and oxygen atoms in total. The van der Waals surface area contributed by atoms with Crippen LogP contribution in [0.2, 0.25) is 0 Å². The van der Waals surface area contributed by atoms with Gasteiger partial charge in [-0.3, -0.25) is 14.4 Å². The number of allylic oxidation sites excluding steroid dienone is 1. The Morgan fingerprint density at radius 1 is 1.00 bits per heavy atom. The first kappa shape index (κ1) is 11.6. The van der Waals surface area contributed by atoms with Crippen molar-refractivity contribution in [1.29, 1.82) is 0 Å². The van der Waals surface area contributed by atoms with Crippen molar-refractivity contribution in [3.63, 3.8) is 0 Å². The maximum Gasteiger partial charge on any atom is 0.203 e. The van der Waals surface area contributed by atoms with Gasteiger partial charge in [-0.05, 0) is 6.08 Å². The number of Topliss-reactive ketones (excluding diaryl/α,β-unsaturated/α-hetero) is 2. The third-order valence-corrected chi connectivity index (χ3v) is 3.23. The van der Waals surface area contributed by atoms with Crippen LogP contribution in [0.4, 0.5) is 0 Å². The van der Waals surface area contributed by atoms with E-state index in [2.05, 4.69) is 0 Å². The lowest BCUT2D eigenvalue weighted by atomic mass is 9.78. The first-order valence-electron chi connectivity index (χ1n) is 5.58. The summed E-state index contributed by atoms with van der Waals surface area (Å²) in [6.07, 6.45) is -0.936. The van der Waals surface area contributed by atoms with Gasteiger partial charge in [-0.2, -0.15) is 0 Å². The fourth-order valence-electron chi connectivity index (χ4n) is 2.28. The number of rotatable bonds is 0. The lowest BCUT2D eigenvalue weighted by molar-refractivity contribution is -0.134. The topological polar surface area (TPSA) is 91.7 Å². The van der Waals surface area contributed by atoms with E-state index in [1.807, 2.05) is 0 Å². The number of fused-ring (bicyclic) bond motifs is 2. The quantitative estimate of drug-likeness (QED) is 0.663. The molecule has 0 amide bonds. The van der Waals surface area contributed by atoms with Gasteiger partial charge < -0.3 is 10.2 Å². The predicted molar refractivity (Wildman–Crippen MR) is 64.4 cm³/mol. The Morgan fingerprint density at radius 2 is 1.63 bits per heavy atom. The molecule has 1 aromatic carbocycles. The number of carbonyl (C=O) groups excluding carboxylic acids is 3. The van der Waals surface area contributed by atoms with Crippen LogP contribution in [-0.2, 0) is 9.59 Å². The summed E-state index contributed by atoms with van der Waals surface area (Å²) in [4.78, 5) is 35.5. The molecule has 0 aromatic heterocycles. The molecule has 0 radical (unpaired) electrons. The molecular weight excluding hydrogens is 248 g/mol. The minimum absolute atomic E-state index is 0.156. The fourth-order valence-corrected chi connectivity index (χ4v) is 2.28. The van der Waals surface area contributed by atoms with Crippen LogP contribution in [-0.4, -0.2) is 33.7 Å². The SMILES string of the molecule is O=C1C2=CC(=O)C(O)C(=O)C2=C(O)c2ccccc21. The molecule has 0 fully saturated rings. The van der Waals surface area contributed by atoms with E-state index in [1.54, 1.807) is 12.1 Å². The third-order valence-electron chi connectivity index (χ3n) is 3.23. The first-order chi connectivity index (χ1) is 9.02. The van der Waals surface area contributed by atoms with Crippen LogP contribution in [0.15, 0.2) is 41.5 Å². The number of aliphatic hydroxyl groups is 2. The summed E-state index contributed by atoms with van der Waals surface area (Å²) in [6.45, 7) is 0. The van der Waals surface area contributed by atoms with E-state index in [0.717, 1.165) is 6.08 Å². The lowest BCUT2D eigenvalue weighted by Gasteiger charge is -2.24. The summed E-state index contributed by atoms with van der Waals surface area (Å²) in [5, 5.41) is 19.5. The highest BCUT2D eigenvalue weighted by Gasteiger charge is 2.41. The Balaban J connectivity index is 2.37. The Kier molecular flexibility index (Phi) is 2.27. The summed E-state index contributed by atoms with van der Waals surface area (Å²) < 4.78 is 0. The van der Waals surface area contributed by atoms with Crippen molar-refractivity contribution in [2.45, 2.75) is 6.10 Å². The summed E-state index contributed by atoms with van der Waals surface area (Å²) in [5.74, 6) is -2.66. The van der Waals surface area contributed by atoms with Crippen molar-refractivity contribution in [2.24, 2.45) is 0 Å². The van der Waals surface area contributed by atoms with Crippen molar-refractivity contribution in [2.75, 3.05) is 0 Å². The van der Waals surface area contributed by atoms with Gasteiger partial charge in [-0.15, -0.1) is 0 Å². The molecule has 2 aliphatic carbocycles. The second-order valence-corrected chi connectivity index (χ2v) is 4.33. The van der Waals surface area contributed by atoms with Crippen LogP contribution in [0.5, 0.6) is 0 Å². The van der Waals surface area contributed by atoms with E-state index >= 15 is 0 Å². The number of hydrogen-bond acceptors (Lipinski definition) is 5. The number of benzene rings is 1. The summed E-state index contributed by atoms with van der Waals surface area (Å²) in [5.41, 5.74) is 0.0221. The molecule has 0 heterocycles. The molecule has 2 aliphatic rings.